The molecule has 0 saturated heterocycles. The number of aromatic nitrogens is 4. The first-order valence-electron chi connectivity index (χ1n) is 16.4. The average Bonchev–Trinajstić information content (AvgIpc) is 3.99. The SMILES string of the molecule is BrC1=C(Br)c2nc1c(-c1ccccc1)c1ccc([nH]1)c(-c1ccccc1)c1nc(c(-c3ccccc3)c3ccc([nH]3)c2-c2ccccc2)C=C1. The van der Waals surface area contributed by atoms with E-state index in [4.69, 9.17) is 9.97 Å². The van der Waals surface area contributed by atoms with E-state index in [9.17, 15) is 0 Å². The third kappa shape index (κ3) is 5.28. The number of hydrogen-bond donors (Lipinski definition) is 2. The second kappa shape index (κ2) is 12.7. The Hall–Kier alpha value is -5.56. The molecule has 0 unspecified atom stereocenters. The lowest BCUT2D eigenvalue weighted by Gasteiger charge is -2.07. The van der Waals surface area contributed by atoms with Crippen molar-refractivity contribution in [2.75, 3.05) is 0 Å². The molecule has 3 aromatic heterocycles. The molecule has 0 radical (unpaired) electrons. The minimum atomic E-state index is 0.838. The first-order valence-corrected chi connectivity index (χ1v) is 18.0. The number of benzene rings is 4. The van der Waals surface area contributed by atoms with Gasteiger partial charge in [0.15, 0.2) is 0 Å². The number of halogens is 2. The molecular weight excluding hydrogens is 744 g/mol. The number of aromatic amines is 2. The van der Waals surface area contributed by atoms with E-state index < -0.39 is 0 Å². The number of rotatable bonds is 4. The van der Waals surface area contributed by atoms with Crippen molar-refractivity contribution in [1.82, 2.24) is 19.9 Å². The van der Waals surface area contributed by atoms with Gasteiger partial charge in [-0.25, -0.2) is 9.97 Å². The minimum Gasteiger partial charge on any atom is -0.354 e. The lowest BCUT2D eigenvalue weighted by Crippen LogP contribution is -1.90. The van der Waals surface area contributed by atoms with E-state index in [-0.39, 0.29) is 0 Å². The molecule has 0 spiro atoms. The van der Waals surface area contributed by atoms with Crippen LogP contribution in [0.25, 0.3) is 87.7 Å². The van der Waals surface area contributed by atoms with Crippen molar-refractivity contribution in [3.05, 3.63) is 168 Å². The molecule has 7 aromatic rings. The fourth-order valence-corrected chi connectivity index (χ4v) is 7.85. The predicted octanol–water partition coefficient (Wildman–Crippen LogP) is 12.8. The number of fused-ring (bicyclic) bond motifs is 8. The Kier molecular flexibility index (Phi) is 7.76. The highest BCUT2D eigenvalue weighted by Crippen LogP contribution is 2.47. The topological polar surface area (TPSA) is 57.4 Å². The summed E-state index contributed by atoms with van der Waals surface area (Å²) in [6, 6.07) is 50.4. The molecule has 6 heteroatoms. The van der Waals surface area contributed by atoms with Gasteiger partial charge in [-0.3, -0.25) is 0 Å². The lowest BCUT2D eigenvalue weighted by molar-refractivity contribution is 1.31. The summed E-state index contributed by atoms with van der Waals surface area (Å²) in [5.41, 5.74) is 15.6. The zero-order valence-electron chi connectivity index (χ0n) is 26.7. The van der Waals surface area contributed by atoms with Crippen molar-refractivity contribution < 1.29 is 0 Å². The van der Waals surface area contributed by atoms with Gasteiger partial charge in [-0.05, 0) is 90.5 Å². The van der Waals surface area contributed by atoms with Crippen LogP contribution in [-0.2, 0) is 0 Å². The molecule has 8 bridgehead atoms. The zero-order valence-corrected chi connectivity index (χ0v) is 29.8. The average molecular weight is 773 g/mol. The summed E-state index contributed by atoms with van der Waals surface area (Å²) < 4.78 is 1.77. The van der Waals surface area contributed by atoms with Crippen LogP contribution < -0.4 is 0 Å². The quantitative estimate of drug-likeness (QED) is 0.187. The summed E-state index contributed by atoms with van der Waals surface area (Å²) in [5, 5.41) is 0. The number of nitrogens with one attached hydrogen (secondary N) is 2. The second-order valence-electron chi connectivity index (χ2n) is 12.2. The Bertz CT molecular complexity index is 2460. The molecule has 4 nitrogen and oxygen atoms in total. The van der Waals surface area contributed by atoms with Gasteiger partial charge in [0, 0.05) is 44.3 Å². The van der Waals surface area contributed by atoms with Gasteiger partial charge in [-0.15, -0.1) is 0 Å². The molecule has 0 amide bonds. The normalized spacial score (nSPS) is 12.4. The highest BCUT2D eigenvalue weighted by molar-refractivity contribution is 9.18. The van der Waals surface area contributed by atoms with Gasteiger partial charge in [0.1, 0.15) is 0 Å². The fraction of sp³-hybridized carbons (Fsp3) is 0. The third-order valence-electron chi connectivity index (χ3n) is 9.16. The molecule has 2 N–H and O–H groups in total. The standard InChI is InChI=1S/C44H28Br2N4/c45-41-42(46)44-40(30-19-11-4-12-20-30)36-26-24-34(49-36)38(28-15-7-2-8-16-28)32-22-21-31(47-32)37(27-13-5-1-6-14-27)33-23-25-35(48-33)39(43(41)50-44)29-17-9-3-10-18-29/h1-26,48-49H. The molecule has 2 aliphatic heterocycles. The molecule has 4 aromatic carbocycles. The summed E-state index contributed by atoms with van der Waals surface area (Å²) in [6.45, 7) is 0. The van der Waals surface area contributed by atoms with Crippen molar-refractivity contribution >= 4 is 75.0 Å². The van der Waals surface area contributed by atoms with Gasteiger partial charge < -0.3 is 9.97 Å². The Morgan fingerprint density at radius 2 is 0.640 bits per heavy atom. The van der Waals surface area contributed by atoms with Crippen LogP contribution in [0.4, 0.5) is 0 Å². The Morgan fingerprint density at radius 3 is 0.980 bits per heavy atom. The molecule has 5 heterocycles. The fourth-order valence-electron chi connectivity index (χ4n) is 6.90. The van der Waals surface area contributed by atoms with Crippen LogP contribution in [0, 0.1) is 0 Å². The van der Waals surface area contributed by atoms with Gasteiger partial charge >= 0.3 is 0 Å². The van der Waals surface area contributed by atoms with Crippen LogP contribution in [0.5, 0.6) is 0 Å². The molecule has 50 heavy (non-hydrogen) atoms. The van der Waals surface area contributed by atoms with Crippen molar-refractivity contribution in [1.29, 1.82) is 0 Å². The zero-order chi connectivity index (χ0) is 33.6. The highest BCUT2D eigenvalue weighted by Gasteiger charge is 2.25. The number of H-pyrrole nitrogens is 2. The van der Waals surface area contributed by atoms with Crippen molar-refractivity contribution in [2.45, 2.75) is 0 Å². The maximum atomic E-state index is 5.45. The molecule has 0 saturated carbocycles. The molecule has 238 valence electrons. The van der Waals surface area contributed by atoms with E-state index in [1.54, 1.807) is 0 Å². The first-order chi connectivity index (χ1) is 24.6. The Balaban J connectivity index is 1.52. The summed E-state index contributed by atoms with van der Waals surface area (Å²) in [7, 11) is 0. The molecular formula is C44H28Br2N4. The van der Waals surface area contributed by atoms with Crippen LogP contribution >= 0.6 is 31.9 Å². The maximum Gasteiger partial charge on any atom is 0.0891 e. The number of nitrogens with zero attached hydrogens (tertiary/aromatic N) is 2. The smallest absolute Gasteiger partial charge is 0.0891 e. The monoisotopic (exact) mass is 770 g/mol. The molecule has 0 fully saturated rings. The number of hydrogen-bond acceptors (Lipinski definition) is 2. The van der Waals surface area contributed by atoms with Crippen molar-refractivity contribution in [3.63, 3.8) is 0 Å². The van der Waals surface area contributed by atoms with Gasteiger partial charge in [0.2, 0.25) is 0 Å². The first kappa shape index (κ1) is 30.5. The maximum absolute atomic E-state index is 5.45. The van der Waals surface area contributed by atoms with E-state index in [0.29, 0.717) is 0 Å². The van der Waals surface area contributed by atoms with Crippen LogP contribution in [0.3, 0.4) is 0 Å². The van der Waals surface area contributed by atoms with E-state index in [1.165, 1.54) is 0 Å². The van der Waals surface area contributed by atoms with Gasteiger partial charge in [0.05, 0.1) is 31.7 Å². The highest BCUT2D eigenvalue weighted by atomic mass is 79.9. The Labute approximate surface area is 306 Å². The van der Waals surface area contributed by atoms with E-state index in [2.05, 4.69) is 175 Å². The molecule has 2 aliphatic rings. The summed E-state index contributed by atoms with van der Waals surface area (Å²) in [4.78, 5) is 18.4. The van der Waals surface area contributed by atoms with Crippen LogP contribution in [0.15, 0.2) is 146 Å². The van der Waals surface area contributed by atoms with Crippen LogP contribution in [-0.4, -0.2) is 19.9 Å². The summed E-state index contributed by atoms with van der Waals surface area (Å²) in [5.74, 6) is 0. The van der Waals surface area contributed by atoms with Gasteiger partial charge in [0.25, 0.3) is 0 Å². The minimum absolute atomic E-state index is 0.838. The Morgan fingerprint density at radius 1 is 0.340 bits per heavy atom. The predicted molar refractivity (Wildman–Crippen MR) is 216 cm³/mol. The second-order valence-corrected chi connectivity index (χ2v) is 13.8. The van der Waals surface area contributed by atoms with Gasteiger partial charge in [-0.2, -0.15) is 0 Å². The lowest BCUT2D eigenvalue weighted by atomic mass is 10.0. The molecule has 9 rings (SSSR count). The summed E-state index contributed by atoms with van der Waals surface area (Å²) in [6.07, 6.45) is 4.26. The third-order valence-corrected chi connectivity index (χ3v) is 11.2. The van der Waals surface area contributed by atoms with E-state index in [0.717, 1.165) is 98.3 Å². The van der Waals surface area contributed by atoms with Crippen molar-refractivity contribution in [2.24, 2.45) is 0 Å². The van der Waals surface area contributed by atoms with Crippen LogP contribution in [0.1, 0.15) is 22.8 Å². The molecule has 0 atom stereocenters. The largest absolute Gasteiger partial charge is 0.354 e. The van der Waals surface area contributed by atoms with Gasteiger partial charge in [-0.1, -0.05) is 121 Å². The van der Waals surface area contributed by atoms with E-state index in [1.807, 2.05) is 24.3 Å². The van der Waals surface area contributed by atoms with Crippen molar-refractivity contribution in [3.8, 4) is 44.5 Å². The molecule has 0 aliphatic carbocycles. The van der Waals surface area contributed by atoms with E-state index >= 15 is 0 Å². The van der Waals surface area contributed by atoms with Crippen LogP contribution in [0.2, 0.25) is 0 Å². The summed E-state index contributed by atoms with van der Waals surface area (Å²) >= 11 is 7.97.